The molecule has 2 rings (SSSR count). The molecule has 1 aromatic heterocycles. The average molecular weight is 316 g/mol. The molecule has 2 aromatic rings. The number of carbonyl (C=O) groups excluding carboxylic acids is 2. The van der Waals surface area contributed by atoms with Crippen molar-refractivity contribution in [1.29, 1.82) is 0 Å². The number of rotatable bonds is 7. The lowest BCUT2D eigenvalue weighted by atomic mass is 10.1. The normalized spacial score (nSPS) is 10.2. The molecule has 0 saturated carbocycles. The maximum absolute atomic E-state index is 12.2. The molecule has 0 atom stereocenters. The van der Waals surface area contributed by atoms with Gasteiger partial charge in [0.05, 0.1) is 16.8 Å². The van der Waals surface area contributed by atoms with Gasteiger partial charge in [0.1, 0.15) is 0 Å². The van der Waals surface area contributed by atoms with E-state index in [2.05, 4.69) is 17.6 Å². The molecule has 0 saturated heterocycles. The number of carbonyl (C=O) groups is 2. The summed E-state index contributed by atoms with van der Waals surface area (Å²) in [4.78, 5) is 24.3. The topological polar surface area (TPSA) is 58.2 Å². The molecule has 0 aliphatic carbocycles. The van der Waals surface area contributed by atoms with Gasteiger partial charge in [-0.25, -0.2) is 0 Å². The molecule has 0 unspecified atom stereocenters. The van der Waals surface area contributed by atoms with Gasteiger partial charge in [0.2, 0.25) is 0 Å². The minimum Gasteiger partial charge on any atom is -0.352 e. The fraction of sp³-hybridized carbons (Fsp3) is 0.294. The Hall–Kier alpha value is -2.14. The molecule has 2 N–H and O–H groups in total. The van der Waals surface area contributed by atoms with Gasteiger partial charge in [-0.1, -0.05) is 31.9 Å². The Balaban J connectivity index is 2.03. The predicted octanol–water partition coefficient (Wildman–Crippen LogP) is 3.92. The summed E-state index contributed by atoms with van der Waals surface area (Å²) in [7, 11) is 0. The Morgan fingerprint density at radius 3 is 2.64 bits per heavy atom. The standard InChI is InChI=1S/C17H20N2O2S/c1-2-3-6-10-18-17(21)14-7-4-5-8-15(14)19-16(20)13-9-11-22-12-13/h4-5,7-9,11-12H,2-3,6,10H2,1H3,(H,18,21)(H,19,20). The molecule has 22 heavy (non-hydrogen) atoms. The molecule has 2 amide bonds. The minimum absolute atomic E-state index is 0.155. The third-order valence-electron chi connectivity index (χ3n) is 3.27. The van der Waals surface area contributed by atoms with Crippen molar-refractivity contribution in [1.82, 2.24) is 5.32 Å². The SMILES string of the molecule is CCCCCNC(=O)c1ccccc1NC(=O)c1ccsc1. The van der Waals surface area contributed by atoms with Crippen LogP contribution >= 0.6 is 11.3 Å². The lowest BCUT2D eigenvalue weighted by Crippen LogP contribution is -2.26. The van der Waals surface area contributed by atoms with E-state index in [4.69, 9.17) is 0 Å². The highest BCUT2D eigenvalue weighted by Gasteiger charge is 2.13. The summed E-state index contributed by atoms with van der Waals surface area (Å²) >= 11 is 1.46. The molecule has 1 heterocycles. The predicted molar refractivity (Wildman–Crippen MR) is 90.6 cm³/mol. The molecule has 0 bridgehead atoms. The molecule has 116 valence electrons. The number of thiophene rings is 1. The van der Waals surface area contributed by atoms with Crippen molar-refractivity contribution in [3.63, 3.8) is 0 Å². The molecule has 1 aromatic carbocycles. The monoisotopic (exact) mass is 316 g/mol. The van der Waals surface area contributed by atoms with Crippen molar-refractivity contribution in [2.45, 2.75) is 26.2 Å². The van der Waals surface area contributed by atoms with E-state index in [1.54, 1.807) is 35.7 Å². The third kappa shape index (κ3) is 4.43. The van der Waals surface area contributed by atoms with E-state index in [-0.39, 0.29) is 11.8 Å². The van der Waals surface area contributed by atoms with Crippen molar-refractivity contribution in [2.75, 3.05) is 11.9 Å². The Labute approximate surface area is 134 Å². The molecule has 0 fully saturated rings. The van der Waals surface area contributed by atoms with E-state index in [0.29, 0.717) is 23.4 Å². The second-order valence-electron chi connectivity index (χ2n) is 4.97. The summed E-state index contributed by atoms with van der Waals surface area (Å²) in [5.74, 6) is -0.357. The van der Waals surface area contributed by atoms with Gasteiger partial charge in [0, 0.05) is 11.9 Å². The summed E-state index contributed by atoms with van der Waals surface area (Å²) in [5.41, 5.74) is 1.62. The van der Waals surface area contributed by atoms with Crippen LogP contribution in [0, 0.1) is 0 Å². The third-order valence-corrected chi connectivity index (χ3v) is 3.95. The van der Waals surface area contributed by atoms with Crippen molar-refractivity contribution >= 4 is 28.8 Å². The van der Waals surface area contributed by atoms with Gasteiger partial charge >= 0.3 is 0 Å². The van der Waals surface area contributed by atoms with E-state index in [0.717, 1.165) is 19.3 Å². The average Bonchev–Trinajstić information content (AvgIpc) is 3.06. The van der Waals surface area contributed by atoms with Gasteiger partial charge in [0.15, 0.2) is 0 Å². The molecule has 5 heteroatoms. The highest BCUT2D eigenvalue weighted by atomic mass is 32.1. The van der Waals surface area contributed by atoms with Gasteiger partial charge < -0.3 is 10.6 Å². The Morgan fingerprint density at radius 1 is 1.09 bits per heavy atom. The number of amides is 2. The zero-order chi connectivity index (χ0) is 15.8. The first-order valence-corrected chi connectivity index (χ1v) is 8.37. The van der Waals surface area contributed by atoms with E-state index >= 15 is 0 Å². The first-order valence-electron chi connectivity index (χ1n) is 7.43. The molecule has 0 radical (unpaired) electrons. The number of unbranched alkanes of at least 4 members (excludes halogenated alkanes) is 2. The summed E-state index contributed by atoms with van der Waals surface area (Å²) in [5, 5.41) is 9.33. The zero-order valence-electron chi connectivity index (χ0n) is 12.6. The van der Waals surface area contributed by atoms with Gasteiger partial charge in [-0.05, 0) is 30.0 Å². The van der Waals surface area contributed by atoms with Gasteiger partial charge in [-0.15, -0.1) is 0 Å². The maximum Gasteiger partial charge on any atom is 0.256 e. The highest BCUT2D eigenvalue weighted by Crippen LogP contribution is 2.17. The van der Waals surface area contributed by atoms with Crippen LogP contribution in [0.4, 0.5) is 5.69 Å². The molecular weight excluding hydrogens is 296 g/mol. The van der Waals surface area contributed by atoms with Gasteiger partial charge in [0.25, 0.3) is 11.8 Å². The summed E-state index contributed by atoms with van der Waals surface area (Å²) in [6, 6.07) is 8.81. The Kier molecular flexibility index (Phi) is 6.15. The van der Waals surface area contributed by atoms with Crippen LogP contribution < -0.4 is 10.6 Å². The van der Waals surface area contributed by atoms with E-state index in [1.165, 1.54) is 11.3 Å². The largest absolute Gasteiger partial charge is 0.352 e. The van der Waals surface area contributed by atoms with Crippen LogP contribution in [-0.2, 0) is 0 Å². The van der Waals surface area contributed by atoms with Gasteiger partial charge in [-0.2, -0.15) is 11.3 Å². The molecular formula is C17H20N2O2S. The molecule has 4 nitrogen and oxygen atoms in total. The van der Waals surface area contributed by atoms with Crippen molar-refractivity contribution < 1.29 is 9.59 Å². The fourth-order valence-corrected chi connectivity index (χ4v) is 2.69. The van der Waals surface area contributed by atoms with E-state index < -0.39 is 0 Å². The van der Waals surface area contributed by atoms with Crippen molar-refractivity contribution in [3.8, 4) is 0 Å². The minimum atomic E-state index is -0.201. The number of nitrogens with one attached hydrogen (secondary N) is 2. The maximum atomic E-state index is 12.2. The van der Waals surface area contributed by atoms with Crippen molar-refractivity contribution in [3.05, 3.63) is 52.2 Å². The Morgan fingerprint density at radius 2 is 1.91 bits per heavy atom. The van der Waals surface area contributed by atoms with Crippen LogP contribution in [0.5, 0.6) is 0 Å². The number of hydrogen-bond acceptors (Lipinski definition) is 3. The number of hydrogen-bond donors (Lipinski definition) is 2. The second kappa shape index (κ2) is 8.34. The number of benzene rings is 1. The first-order chi connectivity index (χ1) is 10.7. The first kappa shape index (κ1) is 16.2. The molecule has 0 aliphatic rings. The smallest absolute Gasteiger partial charge is 0.256 e. The lowest BCUT2D eigenvalue weighted by molar-refractivity contribution is 0.0954. The number of anilines is 1. The van der Waals surface area contributed by atoms with Crippen molar-refractivity contribution in [2.24, 2.45) is 0 Å². The second-order valence-corrected chi connectivity index (χ2v) is 5.75. The summed E-state index contributed by atoms with van der Waals surface area (Å²) in [6.45, 7) is 2.77. The van der Waals surface area contributed by atoms with Crippen LogP contribution in [0.25, 0.3) is 0 Å². The van der Waals surface area contributed by atoms with Gasteiger partial charge in [-0.3, -0.25) is 9.59 Å². The molecule has 0 spiro atoms. The lowest BCUT2D eigenvalue weighted by Gasteiger charge is -2.11. The van der Waals surface area contributed by atoms with Crippen LogP contribution in [0.2, 0.25) is 0 Å². The van der Waals surface area contributed by atoms with Crippen LogP contribution in [-0.4, -0.2) is 18.4 Å². The fourth-order valence-electron chi connectivity index (χ4n) is 2.05. The molecule has 0 aliphatic heterocycles. The summed E-state index contributed by atoms with van der Waals surface area (Å²) in [6.07, 6.45) is 3.17. The van der Waals surface area contributed by atoms with Crippen LogP contribution in [0.3, 0.4) is 0 Å². The summed E-state index contributed by atoms with van der Waals surface area (Å²) < 4.78 is 0. The number of para-hydroxylation sites is 1. The quantitative estimate of drug-likeness (QED) is 0.761. The highest BCUT2D eigenvalue weighted by molar-refractivity contribution is 7.08. The zero-order valence-corrected chi connectivity index (χ0v) is 13.4. The van der Waals surface area contributed by atoms with Crippen LogP contribution in [0.1, 0.15) is 46.9 Å². The van der Waals surface area contributed by atoms with E-state index in [9.17, 15) is 9.59 Å². The Bertz CT molecular complexity index is 623. The van der Waals surface area contributed by atoms with Crippen LogP contribution in [0.15, 0.2) is 41.1 Å². The van der Waals surface area contributed by atoms with E-state index in [1.807, 2.05) is 5.38 Å².